The minimum absolute atomic E-state index is 0.133. The molecule has 2 heterocycles. The van der Waals surface area contributed by atoms with Crippen LogP contribution in [0.3, 0.4) is 0 Å². The van der Waals surface area contributed by atoms with Crippen molar-refractivity contribution < 1.29 is 14.3 Å². The molecule has 0 aromatic carbocycles. The molecule has 0 aromatic heterocycles. The Morgan fingerprint density at radius 2 is 2.32 bits per heavy atom. The molecule has 5 nitrogen and oxygen atoms in total. The van der Waals surface area contributed by atoms with E-state index in [-0.39, 0.29) is 12.0 Å². The van der Waals surface area contributed by atoms with Crippen molar-refractivity contribution in [3.63, 3.8) is 0 Å². The van der Waals surface area contributed by atoms with Gasteiger partial charge in [0.2, 0.25) is 5.91 Å². The van der Waals surface area contributed by atoms with Crippen molar-refractivity contribution >= 4 is 5.91 Å². The maximum absolute atomic E-state index is 12.4. The summed E-state index contributed by atoms with van der Waals surface area (Å²) in [7, 11) is 1.68. The Labute approximate surface area is 115 Å². The fourth-order valence-electron chi connectivity index (χ4n) is 2.83. The molecule has 0 aliphatic carbocycles. The maximum Gasteiger partial charge on any atom is 0.225 e. The number of ether oxygens (including phenoxy) is 2. The van der Waals surface area contributed by atoms with E-state index in [9.17, 15) is 4.79 Å². The number of nitrogens with one attached hydrogen (secondary N) is 1. The molecule has 2 aliphatic rings. The Hall–Kier alpha value is -0.650. The van der Waals surface area contributed by atoms with Gasteiger partial charge in [0.05, 0.1) is 19.1 Å². The number of hydrogen-bond acceptors (Lipinski definition) is 4. The van der Waals surface area contributed by atoms with Gasteiger partial charge >= 0.3 is 0 Å². The first-order valence-corrected chi connectivity index (χ1v) is 7.41. The molecule has 0 spiro atoms. The normalized spacial score (nSPS) is 26.8. The molecule has 0 radical (unpaired) electrons. The van der Waals surface area contributed by atoms with Crippen LogP contribution in [-0.2, 0) is 14.3 Å². The smallest absolute Gasteiger partial charge is 0.225 e. The zero-order valence-electron chi connectivity index (χ0n) is 11.9. The summed E-state index contributed by atoms with van der Waals surface area (Å²) in [5, 5.41) is 3.45. The largest absolute Gasteiger partial charge is 0.383 e. The van der Waals surface area contributed by atoms with Crippen LogP contribution in [-0.4, -0.2) is 62.9 Å². The van der Waals surface area contributed by atoms with Crippen LogP contribution in [0.2, 0.25) is 0 Å². The lowest BCUT2D eigenvalue weighted by atomic mass is 10.1. The first kappa shape index (κ1) is 14.8. The zero-order chi connectivity index (χ0) is 13.5. The Kier molecular flexibility index (Phi) is 6.07. The Morgan fingerprint density at radius 1 is 1.42 bits per heavy atom. The van der Waals surface area contributed by atoms with Gasteiger partial charge in [-0.05, 0) is 32.2 Å². The molecule has 2 aliphatic heterocycles. The molecule has 1 N–H and O–H groups in total. The van der Waals surface area contributed by atoms with Gasteiger partial charge in [0.1, 0.15) is 0 Å². The van der Waals surface area contributed by atoms with Crippen molar-refractivity contribution in [2.24, 2.45) is 0 Å². The molecular formula is C14H26N2O3. The lowest BCUT2D eigenvalue weighted by Crippen LogP contribution is -2.43. The third-order valence-corrected chi connectivity index (χ3v) is 3.95. The maximum atomic E-state index is 12.4. The number of methoxy groups -OCH3 is 1. The molecular weight excluding hydrogens is 244 g/mol. The van der Waals surface area contributed by atoms with Crippen molar-refractivity contribution in [3.8, 4) is 0 Å². The van der Waals surface area contributed by atoms with E-state index in [0.29, 0.717) is 25.6 Å². The molecule has 110 valence electrons. The highest BCUT2D eigenvalue weighted by atomic mass is 16.5. The molecule has 2 unspecified atom stereocenters. The van der Waals surface area contributed by atoms with Crippen molar-refractivity contribution in [3.05, 3.63) is 0 Å². The Bertz CT molecular complexity index is 274. The van der Waals surface area contributed by atoms with Crippen molar-refractivity contribution in [1.82, 2.24) is 10.2 Å². The lowest BCUT2D eigenvalue weighted by molar-refractivity contribution is -0.134. The average molecular weight is 270 g/mol. The predicted octanol–water partition coefficient (Wildman–Crippen LogP) is 0.783. The van der Waals surface area contributed by atoms with Crippen LogP contribution in [0, 0.1) is 0 Å². The molecule has 1 amide bonds. The van der Waals surface area contributed by atoms with Gasteiger partial charge in [-0.15, -0.1) is 0 Å². The first-order chi connectivity index (χ1) is 9.29. The van der Waals surface area contributed by atoms with E-state index < -0.39 is 0 Å². The fourth-order valence-corrected chi connectivity index (χ4v) is 2.83. The molecule has 19 heavy (non-hydrogen) atoms. The summed E-state index contributed by atoms with van der Waals surface area (Å²) in [5.74, 6) is 0.206. The lowest BCUT2D eigenvalue weighted by Gasteiger charge is -2.26. The molecule has 2 rings (SSSR count). The van der Waals surface area contributed by atoms with Crippen LogP contribution in [0.25, 0.3) is 0 Å². The van der Waals surface area contributed by atoms with Gasteiger partial charge in [-0.2, -0.15) is 0 Å². The number of carbonyl (C=O) groups is 1. The van der Waals surface area contributed by atoms with Gasteiger partial charge in [-0.1, -0.05) is 0 Å². The predicted molar refractivity (Wildman–Crippen MR) is 73.1 cm³/mol. The van der Waals surface area contributed by atoms with E-state index in [4.69, 9.17) is 9.47 Å². The summed E-state index contributed by atoms with van der Waals surface area (Å²) >= 11 is 0. The van der Waals surface area contributed by atoms with Crippen LogP contribution in [0.15, 0.2) is 0 Å². The summed E-state index contributed by atoms with van der Waals surface area (Å²) < 4.78 is 10.7. The highest BCUT2D eigenvalue weighted by molar-refractivity contribution is 5.76. The van der Waals surface area contributed by atoms with Gasteiger partial charge in [0.15, 0.2) is 0 Å². The minimum Gasteiger partial charge on any atom is -0.383 e. The fraction of sp³-hybridized carbons (Fsp3) is 0.929. The van der Waals surface area contributed by atoms with Gasteiger partial charge in [0.25, 0.3) is 0 Å². The number of amides is 1. The quantitative estimate of drug-likeness (QED) is 0.743. The van der Waals surface area contributed by atoms with E-state index in [1.54, 1.807) is 7.11 Å². The highest BCUT2D eigenvalue weighted by Crippen LogP contribution is 2.17. The topological polar surface area (TPSA) is 50.8 Å². The van der Waals surface area contributed by atoms with Crippen LogP contribution in [0.4, 0.5) is 0 Å². The third-order valence-electron chi connectivity index (χ3n) is 3.95. The van der Waals surface area contributed by atoms with E-state index in [2.05, 4.69) is 5.32 Å². The number of carbonyl (C=O) groups excluding carboxylic acids is 1. The standard InChI is InChI=1S/C14H26N2O3/c1-18-9-7-16(11-12-4-2-6-15-12)14(17)10-13-5-3-8-19-13/h12-13,15H,2-11H2,1H3. The summed E-state index contributed by atoms with van der Waals surface area (Å²) in [6.45, 7) is 3.96. The molecule has 2 fully saturated rings. The number of hydrogen-bond donors (Lipinski definition) is 1. The third kappa shape index (κ3) is 4.75. The monoisotopic (exact) mass is 270 g/mol. The minimum atomic E-state index is 0.133. The second-order valence-electron chi connectivity index (χ2n) is 5.46. The van der Waals surface area contributed by atoms with Crippen LogP contribution < -0.4 is 5.32 Å². The molecule has 2 saturated heterocycles. The molecule has 0 saturated carbocycles. The van der Waals surface area contributed by atoms with Gasteiger partial charge < -0.3 is 19.7 Å². The summed E-state index contributed by atoms with van der Waals surface area (Å²) in [6, 6.07) is 0.449. The summed E-state index contributed by atoms with van der Waals surface area (Å²) in [5.41, 5.74) is 0. The second-order valence-corrected chi connectivity index (χ2v) is 5.46. The highest BCUT2D eigenvalue weighted by Gasteiger charge is 2.25. The molecule has 0 bridgehead atoms. The molecule has 5 heteroatoms. The number of nitrogens with zero attached hydrogens (tertiary/aromatic N) is 1. The number of rotatable bonds is 7. The van der Waals surface area contributed by atoms with Crippen LogP contribution >= 0.6 is 0 Å². The molecule has 2 atom stereocenters. The van der Waals surface area contributed by atoms with E-state index in [1.165, 1.54) is 6.42 Å². The van der Waals surface area contributed by atoms with Crippen LogP contribution in [0.1, 0.15) is 32.1 Å². The van der Waals surface area contributed by atoms with Crippen molar-refractivity contribution in [1.29, 1.82) is 0 Å². The second kappa shape index (κ2) is 7.82. The first-order valence-electron chi connectivity index (χ1n) is 7.41. The van der Waals surface area contributed by atoms with Gasteiger partial charge in [0, 0.05) is 32.8 Å². The van der Waals surface area contributed by atoms with E-state index in [1.807, 2.05) is 4.90 Å². The molecule has 0 aromatic rings. The van der Waals surface area contributed by atoms with Crippen molar-refractivity contribution in [2.75, 3.05) is 40.0 Å². The van der Waals surface area contributed by atoms with Gasteiger partial charge in [-0.3, -0.25) is 4.79 Å². The van der Waals surface area contributed by atoms with E-state index >= 15 is 0 Å². The van der Waals surface area contributed by atoms with Crippen molar-refractivity contribution in [2.45, 2.75) is 44.2 Å². The summed E-state index contributed by atoms with van der Waals surface area (Å²) in [4.78, 5) is 14.3. The Balaban J connectivity index is 1.81. The zero-order valence-corrected chi connectivity index (χ0v) is 11.9. The summed E-state index contributed by atoms with van der Waals surface area (Å²) in [6.07, 6.45) is 5.13. The van der Waals surface area contributed by atoms with E-state index in [0.717, 1.165) is 39.0 Å². The van der Waals surface area contributed by atoms with Gasteiger partial charge in [-0.25, -0.2) is 0 Å². The average Bonchev–Trinajstić information content (AvgIpc) is 3.07. The Morgan fingerprint density at radius 3 is 2.95 bits per heavy atom. The van der Waals surface area contributed by atoms with Crippen LogP contribution in [0.5, 0.6) is 0 Å². The SMILES string of the molecule is COCCN(CC1CCCN1)C(=O)CC1CCCO1.